The molecule has 25 heavy (non-hydrogen) atoms. The van der Waals surface area contributed by atoms with Crippen LogP contribution in [0, 0.1) is 10.5 Å². The van der Waals surface area contributed by atoms with Crippen LogP contribution in [0.4, 0.5) is 5.69 Å². The van der Waals surface area contributed by atoms with Crippen molar-refractivity contribution in [3.05, 3.63) is 51.1 Å². The van der Waals surface area contributed by atoms with Crippen LogP contribution < -0.4 is 19.5 Å². The van der Waals surface area contributed by atoms with E-state index in [4.69, 9.17) is 14.2 Å². The first-order valence-electron chi connectivity index (χ1n) is 7.53. The monoisotopic (exact) mass is 453 g/mol. The van der Waals surface area contributed by atoms with Gasteiger partial charge >= 0.3 is 0 Å². The van der Waals surface area contributed by atoms with Gasteiger partial charge in [0, 0.05) is 15.3 Å². The van der Waals surface area contributed by atoms with E-state index in [2.05, 4.69) is 27.9 Å². The number of benzene rings is 2. The highest BCUT2D eigenvalue weighted by atomic mass is 127. The highest BCUT2D eigenvalue weighted by Gasteiger charge is 2.12. The van der Waals surface area contributed by atoms with Crippen LogP contribution in [-0.4, -0.2) is 27.2 Å². The molecule has 1 amide bonds. The Bertz CT molecular complexity index is 777. The summed E-state index contributed by atoms with van der Waals surface area (Å²) < 4.78 is 17.0. The van der Waals surface area contributed by atoms with E-state index >= 15 is 0 Å². The van der Waals surface area contributed by atoms with E-state index in [9.17, 15) is 4.79 Å². The Labute approximate surface area is 161 Å². The molecule has 2 aromatic rings. The van der Waals surface area contributed by atoms with Gasteiger partial charge in [0.05, 0.1) is 21.3 Å². The van der Waals surface area contributed by atoms with Gasteiger partial charge in [0.1, 0.15) is 0 Å². The Morgan fingerprint density at radius 2 is 1.68 bits per heavy atom. The molecule has 0 atom stereocenters. The van der Waals surface area contributed by atoms with Crippen LogP contribution >= 0.6 is 22.6 Å². The van der Waals surface area contributed by atoms with Crippen molar-refractivity contribution < 1.29 is 19.0 Å². The summed E-state index contributed by atoms with van der Waals surface area (Å²) in [6, 6.07) is 9.41. The second-order valence-corrected chi connectivity index (χ2v) is 6.49. The summed E-state index contributed by atoms with van der Waals surface area (Å²) in [5.74, 6) is 1.38. The number of aryl methyl sites for hydroxylation is 1. The van der Waals surface area contributed by atoms with Crippen molar-refractivity contribution in [3.63, 3.8) is 0 Å². The molecule has 0 saturated heterocycles. The van der Waals surface area contributed by atoms with Crippen molar-refractivity contribution in [1.29, 1.82) is 0 Å². The molecule has 2 aromatic carbocycles. The number of anilines is 1. The molecule has 0 aliphatic rings. The number of nitrogens with one attached hydrogen (secondary N) is 1. The Morgan fingerprint density at radius 3 is 2.20 bits per heavy atom. The zero-order valence-corrected chi connectivity index (χ0v) is 16.7. The Hall–Kier alpha value is -2.22. The van der Waals surface area contributed by atoms with Gasteiger partial charge in [-0.05, 0) is 77.0 Å². The average molecular weight is 453 g/mol. The van der Waals surface area contributed by atoms with Gasteiger partial charge in [-0.25, -0.2) is 0 Å². The summed E-state index contributed by atoms with van der Waals surface area (Å²) in [4.78, 5) is 12.2. The maximum atomic E-state index is 12.2. The highest BCUT2D eigenvalue weighted by Crippen LogP contribution is 2.38. The predicted octanol–water partition coefficient (Wildman–Crippen LogP) is 4.28. The van der Waals surface area contributed by atoms with Crippen LogP contribution in [0.25, 0.3) is 6.08 Å². The third-order valence-electron chi connectivity index (χ3n) is 3.56. The Kier molecular flexibility index (Phi) is 6.69. The minimum absolute atomic E-state index is 0.210. The van der Waals surface area contributed by atoms with E-state index < -0.39 is 0 Å². The molecule has 0 aromatic heterocycles. The van der Waals surface area contributed by atoms with E-state index in [-0.39, 0.29) is 5.91 Å². The number of carbonyl (C=O) groups is 1. The number of rotatable bonds is 6. The molecule has 0 saturated carbocycles. The van der Waals surface area contributed by atoms with Crippen molar-refractivity contribution in [2.75, 3.05) is 26.6 Å². The van der Waals surface area contributed by atoms with Crippen LogP contribution in [0.1, 0.15) is 11.1 Å². The second-order valence-electron chi connectivity index (χ2n) is 5.24. The summed E-state index contributed by atoms with van der Waals surface area (Å²) in [7, 11) is 4.65. The smallest absolute Gasteiger partial charge is 0.248 e. The summed E-state index contributed by atoms with van der Waals surface area (Å²) in [6.07, 6.45) is 3.17. The summed E-state index contributed by atoms with van der Waals surface area (Å²) in [5, 5.41) is 2.87. The molecule has 5 nitrogen and oxygen atoms in total. The van der Waals surface area contributed by atoms with E-state index in [1.54, 1.807) is 39.5 Å². The lowest BCUT2D eigenvalue weighted by Crippen LogP contribution is -2.09. The van der Waals surface area contributed by atoms with Crippen LogP contribution in [0.15, 0.2) is 36.4 Å². The molecule has 6 heteroatoms. The van der Waals surface area contributed by atoms with Gasteiger partial charge in [-0.2, -0.15) is 0 Å². The number of methoxy groups -OCH3 is 3. The Balaban J connectivity index is 2.19. The second kappa shape index (κ2) is 8.75. The van der Waals surface area contributed by atoms with Gasteiger partial charge < -0.3 is 19.5 Å². The average Bonchev–Trinajstić information content (AvgIpc) is 2.61. The third kappa shape index (κ3) is 4.88. The fraction of sp³-hybridized carbons (Fsp3) is 0.211. The molecule has 0 aliphatic heterocycles. The molecular formula is C19H20INO4. The molecule has 0 radical (unpaired) electrons. The molecule has 0 heterocycles. The molecule has 0 spiro atoms. The summed E-state index contributed by atoms with van der Waals surface area (Å²) in [6.45, 7) is 1.96. The number of ether oxygens (including phenoxy) is 3. The van der Waals surface area contributed by atoms with Crippen molar-refractivity contribution in [2.45, 2.75) is 6.92 Å². The first-order chi connectivity index (χ1) is 12.0. The van der Waals surface area contributed by atoms with Gasteiger partial charge in [-0.3, -0.25) is 4.79 Å². The lowest BCUT2D eigenvalue weighted by molar-refractivity contribution is -0.111. The maximum Gasteiger partial charge on any atom is 0.248 e. The predicted molar refractivity (Wildman–Crippen MR) is 108 cm³/mol. The van der Waals surface area contributed by atoms with Crippen LogP contribution in [0.5, 0.6) is 17.2 Å². The number of halogens is 1. The van der Waals surface area contributed by atoms with E-state index in [0.717, 1.165) is 20.4 Å². The first kappa shape index (κ1) is 19.1. The minimum atomic E-state index is -0.210. The van der Waals surface area contributed by atoms with Gasteiger partial charge in [0.15, 0.2) is 11.5 Å². The standard InChI is InChI=1S/C19H20INO4/c1-12-9-14(20)6-7-15(12)21-18(22)8-5-13-10-16(23-2)19(25-4)17(11-13)24-3/h5-11H,1-4H3,(H,21,22)/b8-5+. The number of amides is 1. The number of carbonyl (C=O) groups excluding carboxylic acids is 1. The highest BCUT2D eigenvalue weighted by molar-refractivity contribution is 14.1. The maximum absolute atomic E-state index is 12.2. The van der Waals surface area contributed by atoms with Crippen molar-refractivity contribution in [1.82, 2.24) is 0 Å². The topological polar surface area (TPSA) is 56.8 Å². The lowest BCUT2D eigenvalue weighted by atomic mass is 10.1. The van der Waals surface area contributed by atoms with Crippen LogP contribution in [0.3, 0.4) is 0 Å². The minimum Gasteiger partial charge on any atom is -0.493 e. The largest absolute Gasteiger partial charge is 0.493 e. The van der Waals surface area contributed by atoms with Crippen molar-refractivity contribution in [3.8, 4) is 17.2 Å². The van der Waals surface area contributed by atoms with Gasteiger partial charge in [-0.15, -0.1) is 0 Å². The zero-order chi connectivity index (χ0) is 18.4. The number of hydrogen-bond donors (Lipinski definition) is 1. The molecule has 1 N–H and O–H groups in total. The number of hydrogen-bond acceptors (Lipinski definition) is 4. The summed E-state index contributed by atoms with van der Waals surface area (Å²) in [5.41, 5.74) is 2.57. The van der Waals surface area contributed by atoms with Crippen LogP contribution in [0.2, 0.25) is 0 Å². The molecule has 0 fully saturated rings. The summed E-state index contributed by atoms with van der Waals surface area (Å²) >= 11 is 2.24. The molecule has 0 bridgehead atoms. The van der Waals surface area contributed by atoms with E-state index in [1.807, 2.05) is 25.1 Å². The molecular weight excluding hydrogens is 433 g/mol. The van der Waals surface area contributed by atoms with Gasteiger partial charge in [0.2, 0.25) is 11.7 Å². The molecule has 0 aliphatic carbocycles. The normalized spacial score (nSPS) is 10.6. The van der Waals surface area contributed by atoms with Crippen molar-refractivity contribution in [2.24, 2.45) is 0 Å². The van der Waals surface area contributed by atoms with E-state index in [0.29, 0.717) is 17.2 Å². The zero-order valence-electron chi connectivity index (χ0n) is 14.6. The Morgan fingerprint density at radius 1 is 1.04 bits per heavy atom. The lowest BCUT2D eigenvalue weighted by Gasteiger charge is -2.12. The SMILES string of the molecule is COc1cc(/C=C/C(=O)Nc2ccc(I)cc2C)cc(OC)c1OC. The molecule has 0 unspecified atom stereocenters. The van der Waals surface area contributed by atoms with Gasteiger partial charge in [0.25, 0.3) is 0 Å². The fourth-order valence-electron chi connectivity index (χ4n) is 2.31. The first-order valence-corrected chi connectivity index (χ1v) is 8.61. The third-order valence-corrected chi connectivity index (χ3v) is 4.23. The van der Waals surface area contributed by atoms with Crippen LogP contribution in [-0.2, 0) is 4.79 Å². The fourth-order valence-corrected chi connectivity index (χ4v) is 2.96. The quantitative estimate of drug-likeness (QED) is 0.524. The van der Waals surface area contributed by atoms with Gasteiger partial charge in [-0.1, -0.05) is 0 Å². The molecule has 132 valence electrons. The molecule has 2 rings (SSSR count). The van der Waals surface area contributed by atoms with Crippen molar-refractivity contribution >= 4 is 40.3 Å². The van der Waals surface area contributed by atoms with E-state index in [1.165, 1.54) is 6.08 Å².